The van der Waals surface area contributed by atoms with Crippen LogP contribution in [0.2, 0.25) is 0 Å². The highest BCUT2D eigenvalue weighted by molar-refractivity contribution is 6.03. The molecule has 2 amide bonds. The number of imide groups is 1. The summed E-state index contributed by atoms with van der Waals surface area (Å²) in [5.74, 6) is -0.641. The van der Waals surface area contributed by atoms with Gasteiger partial charge in [-0.3, -0.25) is 14.9 Å². The molecule has 0 bridgehead atoms. The molecule has 2 N–H and O–H groups in total. The normalized spacial score (nSPS) is 19.0. The Morgan fingerprint density at radius 1 is 1.28 bits per heavy atom. The smallest absolute Gasteiger partial charge is 0.250 e. The third-order valence-corrected chi connectivity index (χ3v) is 2.90. The zero-order valence-corrected chi connectivity index (χ0v) is 10.1. The molecule has 4 heteroatoms. The van der Waals surface area contributed by atoms with Gasteiger partial charge < -0.3 is 5.32 Å². The Labute approximate surface area is 106 Å². The minimum atomic E-state index is -0.365. The van der Waals surface area contributed by atoms with E-state index in [-0.39, 0.29) is 17.7 Å². The van der Waals surface area contributed by atoms with Crippen LogP contribution < -0.4 is 10.6 Å². The van der Waals surface area contributed by atoms with Crippen molar-refractivity contribution in [1.29, 1.82) is 0 Å². The largest absolute Gasteiger partial charge is 0.316 e. The number of carbonyl (C=O) groups is 2. The van der Waals surface area contributed by atoms with Crippen LogP contribution in [-0.4, -0.2) is 24.9 Å². The summed E-state index contributed by atoms with van der Waals surface area (Å²) in [6, 6.07) is 9.49. The lowest BCUT2D eigenvalue weighted by molar-refractivity contribution is -0.130. The SMILES string of the molecule is O=C(/C=C/c1ccccc1)NC(=O)C1CCNC1. The van der Waals surface area contributed by atoms with Crippen molar-refractivity contribution in [3.63, 3.8) is 0 Å². The second-order valence-corrected chi connectivity index (χ2v) is 4.29. The summed E-state index contributed by atoms with van der Waals surface area (Å²) >= 11 is 0. The van der Waals surface area contributed by atoms with E-state index >= 15 is 0 Å². The van der Waals surface area contributed by atoms with Crippen molar-refractivity contribution >= 4 is 17.9 Å². The predicted molar refractivity (Wildman–Crippen MR) is 69.6 cm³/mol. The number of carbonyl (C=O) groups excluding carboxylic acids is 2. The van der Waals surface area contributed by atoms with Crippen molar-refractivity contribution in [3.05, 3.63) is 42.0 Å². The van der Waals surface area contributed by atoms with Crippen molar-refractivity contribution in [2.75, 3.05) is 13.1 Å². The number of benzene rings is 1. The highest BCUT2D eigenvalue weighted by Crippen LogP contribution is 2.07. The van der Waals surface area contributed by atoms with Crippen LogP contribution in [0.25, 0.3) is 6.08 Å². The molecule has 18 heavy (non-hydrogen) atoms. The lowest BCUT2D eigenvalue weighted by atomic mass is 10.1. The minimum absolute atomic E-state index is 0.0842. The maximum Gasteiger partial charge on any atom is 0.250 e. The molecular formula is C14H16N2O2. The summed E-state index contributed by atoms with van der Waals surface area (Å²) in [6.45, 7) is 1.49. The van der Waals surface area contributed by atoms with Gasteiger partial charge in [-0.15, -0.1) is 0 Å². The number of nitrogens with one attached hydrogen (secondary N) is 2. The first kappa shape index (κ1) is 12.5. The lowest BCUT2D eigenvalue weighted by Crippen LogP contribution is -2.35. The quantitative estimate of drug-likeness (QED) is 0.778. The molecule has 2 rings (SSSR count). The Kier molecular flexibility index (Phi) is 4.25. The van der Waals surface area contributed by atoms with Crippen LogP contribution in [0, 0.1) is 5.92 Å². The van der Waals surface area contributed by atoms with Gasteiger partial charge in [0.1, 0.15) is 0 Å². The first-order valence-corrected chi connectivity index (χ1v) is 6.04. The third kappa shape index (κ3) is 3.53. The monoisotopic (exact) mass is 244 g/mol. The van der Waals surface area contributed by atoms with Crippen LogP contribution in [-0.2, 0) is 9.59 Å². The number of amides is 2. The van der Waals surface area contributed by atoms with Gasteiger partial charge in [0.05, 0.1) is 5.92 Å². The predicted octanol–water partition coefficient (Wildman–Crippen LogP) is 0.952. The number of hydrogen-bond donors (Lipinski definition) is 2. The second-order valence-electron chi connectivity index (χ2n) is 4.29. The van der Waals surface area contributed by atoms with E-state index in [4.69, 9.17) is 0 Å². The molecule has 0 radical (unpaired) electrons. The van der Waals surface area contributed by atoms with E-state index in [1.807, 2.05) is 30.3 Å². The number of hydrogen-bond acceptors (Lipinski definition) is 3. The first-order chi connectivity index (χ1) is 8.75. The summed E-state index contributed by atoms with van der Waals surface area (Å²) in [4.78, 5) is 23.2. The fourth-order valence-electron chi connectivity index (χ4n) is 1.88. The van der Waals surface area contributed by atoms with Gasteiger partial charge in [0.25, 0.3) is 5.91 Å². The van der Waals surface area contributed by atoms with Crippen molar-refractivity contribution in [2.45, 2.75) is 6.42 Å². The van der Waals surface area contributed by atoms with Crippen LogP contribution in [0.5, 0.6) is 0 Å². The van der Waals surface area contributed by atoms with Crippen LogP contribution >= 0.6 is 0 Å². The zero-order chi connectivity index (χ0) is 12.8. The molecule has 1 aromatic rings. The molecule has 94 valence electrons. The third-order valence-electron chi connectivity index (χ3n) is 2.90. The van der Waals surface area contributed by atoms with Crippen molar-refractivity contribution < 1.29 is 9.59 Å². The first-order valence-electron chi connectivity index (χ1n) is 6.04. The molecule has 4 nitrogen and oxygen atoms in total. The zero-order valence-electron chi connectivity index (χ0n) is 10.1. The minimum Gasteiger partial charge on any atom is -0.316 e. The van der Waals surface area contributed by atoms with Crippen LogP contribution in [0.4, 0.5) is 0 Å². The maximum atomic E-state index is 11.7. The highest BCUT2D eigenvalue weighted by atomic mass is 16.2. The van der Waals surface area contributed by atoms with Gasteiger partial charge in [-0.05, 0) is 24.6 Å². The summed E-state index contributed by atoms with van der Waals surface area (Å²) in [5.41, 5.74) is 0.933. The van der Waals surface area contributed by atoms with Gasteiger partial charge in [-0.1, -0.05) is 30.3 Å². The van der Waals surface area contributed by atoms with Gasteiger partial charge in [-0.2, -0.15) is 0 Å². The average Bonchev–Trinajstić information content (AvgIpc) is 2.91. The molecule has 1 aliphatic rings. The van der Waals surface area contributed by atoms with Gasteiger partial charge >= 0.3 is 0 Å². The Bertz CT molecular complexity index is 448. The molecule has 0 aromatic heterocycles. The molecular weight excluding hydrogens is 228 g/mol. The van der Waals surface area contributed by atoms with Crippen LogP contribution in [0.15, 0.2) is 36.4 Å². The van der Waals surface area contributed by atoms with Gasteiger partial charge in [0.2, 0.25) is 5.91 Å². The molecule has 0 aliphatic carbocycles. The van der Waals surface area contributed by atoms with Crippen LogP contribution in [0.1, 0.15) is 12.0 Å². The number of rotatable bonds is 3. The van der Waals surface area contributed by atoms with E-state index in [1.165, 1.54) is 6.08 Å². The van der Waals surface area contributed by atoms with E-state index in [0.29, 0.717) is 6.54 Å². The Balaban J connectivity index is 1.85. The molecule has 1 unspecified atom stereocenters. The van der Waals surface area contributed by atoms with Crippen LogP contribution in [0.3, 0.4) is 0 Å². The Morgan fingerprint density at radius 2 is 2.06 bits per heavy atom. The Morgan fingerprint density at radius 3 is 2.72 bits per heavy atom. The molecule has 1 aromatic carbocycles. The standard InChI is InChI=1S/C14H16N2O2/c17-13(7-6-11-4-2-1-3-5-11)16-14(18)12-8-9-15-10-12/h1-7,12,15H,8-10H2,(H,16,17,18)/b7-6+. The molecule has 1 atom stereocenters. The summed E-state index contributed by atoms with van der Waals surface area (Å²) in [7, 11) is 0. The molecule has 1 aliphatic heterocycles. The fraction of sp³-hybridized carbons (Fsp3) is 0.286. The lowest BCUT2D eigenvalue weighted by Gasteiger charge is -2.06. The molecule has 0 saturated carbocycles. The maximum absolute atomic E-state index is 11.7. The van der Waals surface area contributed by atoms with Gasteiger partial charge in [0, 0.05) is 12.6 Å². The van der Waals surface area contributed by atoms with Crippen molar-refractivity contribution in [3.8, 4) is 0 Å². The summed E-state index contributed by atoms with van der Waals surface area (Å²) in [6.07, 6.45) is 3.87. The molecule has 0 spiro atoms. The Hall–Kier alpha value is -1.94. The van der Waals surface area contributed by atoms with E-state index in [2.05, 4.69) is 10.6 Å². The summed E-state index contributed by atoms with van der Waals surface area (Å²) in [5, 5.41) is 5.48. The second kappa shape index (κ2) is 6.12. The van der Waals surface area contributed by atoms with E-state index in [9.17, 15) is 9.59 Å². The van der Waals surface area contributed by atoms with Crippen molar-refractivity contribution in [1.82, 2.24) is 10.6 Å². The molecule has 1 saturated heterocycles. The molecule has 1 fully saturated rings. The average molecular weight is 244 g/mol. The topological polar surface area (TPSA) is 58.2 Å². The summed E-state index contributed by atoms with van der Waals surface area (Å²) < 4.78 is 0. The highest BCUT2D eigenvalue weighted by Gasteiger charge is 2.22. The van der Waals surface area contributed by atoms with Gasteiger partial charge in [0.15, 0.2) is 0 Å². The fourth-order valence-corrected chi connectivity index (χ4v) is 1.88. The van der Waals surface area contributed by atoms with E-state index < -0.39 is 0 Å². The molecule has 1 heterocycles. The van der Waals surface area contributed by atoms with E-state index in [0.717, 1.165) is 18.5 Å². The van der Waals surface area contributed by atoms with Crippen molar-refractivity contribution in [2.24, 2.45) is 5.92 Å². The van der Waals surface area contributed by atoms with E-state index in [1.54, 1.807) is 6.08 Å². The van der Waals surface area contributed by atoms with Gasteiger partial charge in [-0.25, -0.2) is 0 Å².